The molecule has 0 spiro atoms. The summed E-state index contributed by atoms with van der Waals surface area (Å²) in [6, 6.07) is 11.9. The standard InChI is InChI=1S/C39H35Cl2F3N4O7/c1-19-15-20(6-13-29(19)49)32-24-11-12-25-31(36(54)47(34(25)52)14-4-2-3-5-30(50)51)26(24)17-27-35(53)48(37(55)38(27,32)21-7-9-23(40)10-8-21)46-33-28(41)16-22(18-45-33)39(42,43)44/h6-11,13,15-16,18,25-27,31-32,49H,2-5,12,14,17H2,1H3,(H,45,46)(H,50,51)/t25-,26+,27-,31-,32-,38+/m0/s1. The number of carbonyl (C=O) groups is 5. The molecule has 4 amide bonds. The number of carboxylic acids is 1. The van der Waals surface area contributed by atoms with Crippen LogP contribution < -0.4 is 5.43 Å². The number of rotatable bonds is 10. The van der Waals surface area contributed by atoms with E-state index in [0.717, 1.165) is 5.01 Å². The number of aryl methyl sites for hydroxylation is 1. The average molecular weight is 800 g/mol. The van der Waals surface area contributed by atoms with Crippen LogP contribution in [0.5, 0.6) is 5.75 Å². The molecular formula is C39H35Cl2F3N4O7. The number of imide groups is 2. The smallest absolute Gasteiger partial charge is 0.417 e. The Hall–Kier alpha value is -4.95. The van der Waals surface area contributed by atoms with Gasteiger partial charge in [-0.2, -0.15) is 18.2 Å². The van der Waals surface area contributed by atoms with Gasteiger partial charge in [0.1, 0.15) is 5.75 Å². The number of hydrazine groups is 1. The molecule has 3 fully saturated rings. The Kier molecular flexibility index (Phi) is 9.95. The third-order valence-corrected chi connectivity index (χ3v) is 12.0. The van der Waals surface area contributed by atoms with Crippen LogP contribution in [-0.2, 0) is 35.6 Å². The molecule has 0 unspecified atom stereocenters. The first-order valence-corrected chi connectivity index (χ1v) is 18.5. The second-order valence-electron chi connectivity index (χ2n) is 14.5. The molecule has 2 saturated heterocycles. The van der Waals surface area contributed by atoms with Crippen molar-refractivity contribution in [3.8, 4) is 5.75 Å². The molecule has 0 bridgehead atoms. The van der Waals surface area contributed by atoms with E-state index in [1.807, 2.05) is 6.08 Å². The van der Waals surface area contributed by atoms with E-state index in [9.17, 15) is 37.5 Å². The molecule has 1 saturated carbocycles. The molecule has 2 aromatic carbocycles. The zero-order chi connectivity index (χ0) is 39.6. The molecule has 7 rings (SSSR count). The second-order valence-corrected chi connectivity index (χ2v) is 15.3. The number of aromatic hydroxyl groups is 1. The van der Waals surface area contributed by atoms with Gasteiger partial charge in [-0.05, 0) is 79.5 Å². The van der Waals surface area contributed by atoms with E-state index in [-0.39, 0.29) is 43.3 Å². The Morgan fingerprint density at radius 2 is 1.71 bits per heavy atom. The van der Waals surface area contributed by atoms with Gasteiger partial charge in [0.15, 0.2) is 5.82 Å². The fourth-order valence-corrected chi connectivity index (χ4v) is 9.36. The summed E-state index contributed by atoms with van der Waals surface area (Å²) in [4.78, 5) is 74.0. The predicted molar refractivity (Wildman–Crippen MR) is 193 cm³/mol. The molecular weight excluding hydrogens is 764 g/mol. The number of nitrogens with zero attached hydrogens (tertiary/aromatic N) is 3. The summed E-state index contributed by atoms with van der Waals surface area (Å²) in [5.74, 6) is -7.92. The summed E-state index contributed by atoms with van der Waals surface area (Å²) in [5.41, 5.74) is 1.86. The molecule has 4 aliphatic rings. The Morgan fingerprint density at radius 3 is 2.36 bits per heavy atom. The third kappa shape index (κ3) is 6.42. The molecule has 2 aliphatic heterocycles. The van der Waals surface area contributed by atoms with Crippen LogP contribution in [0, 0.1) is 30.6 Å². The first-order chi connectivity index (χ1) is 26.0. The van der Waals surface area contributed by atoms with Crippen molar-refractivity contribution in [3.63, 3.8) is 0 Å². The summed E-state index contributed by atoms with van der Waals surface area (Å²) in [6.45, 7) is 1.79. The van der Waals surface area contributed by atoms with E-state index < -0.39 is 75.5 Å². The number of phenolic OH excluding ortho intramolecular Hbond substituents is 1. The number of carbonyl (C=O) groups excluding carboxylic acids is 4. The molecule has 16 heteroatoms. The summed E-state index contributed by atoms with van der Waals surface area (Å²) in [6.07, 6.45) is -0.932. The molecule has 2 aliphatic carbocycles. The van der Waals surface area contributed by atoms with Gasteiger partial charge in [-0.25, -0.2) is 4.98 Å². The summed E-state index contributed by atoms with van der Waals surface area (Å²) in [5, 5.41) is 20.1. The molecule has 0 radical (unpaired) electrons. The predicted octanol–water partition coefficient (Wildman–Crippen LogP) is 7.05. The number of unbranched alkanes of at least 4 members (excludes halogenated alkanes) is 2. The Morgan fingerprint density at radius 1 is 0.982 bits per heavy atom. The number of anilines is 1. The number of carboxylic acid groups (broad SMARTS) is 1. The van der Waals surface area contributed by atoms with Crippen molar-refractivity contribution in [2.45, 2.75) is 63.0 Å². The van der Waals surface area contributed by atoms with Crippen molar-refractivity contribution in [2.24, 2.45) is 23.7 Å². The van der Waals surface area contributed by atoms with Crippen LogP contribution in [0.25, 0.3) is 0 Å². The van der Waals surface area contributed by atoms with Crippen molar-refractivity contribution in [1.29, 1.82) is 0 Å². The minimum absolute atomic E-state index is 0.0124. The van der Waals surface area contributed by atoms with Crippen LogP contribution in [0.2, 0.25) is 10.0 Å². The maximum absolute atomic E-state index is 15.2. The molecule has 3 N–H and O–H groups in total. The van der Waals surface area contributed by atoms with E-state index in [1.54, 1.807) is 43.3 Å². The molecule has 11 nitrogen and oxygen atoms in total. The monoisotopic (exact) mass is 798 g/mol. The zero-order valence-corrected chi connectivity index (χ0v) is 30.8. The van der Waals surface area contributed by atoms with Crippen molar-refractivity contribution >= 4 is 58.6 Å². The number of benzene rings is 2. The minimum atomic E-state index is -4.76. The molecule has 3 heterocycles. The number of aromatic nitrogens is 1. The van der Waals surface area contributed by atoms with Gasteiger partial charge < -0.3 is 10.2 Å². The molecule has 6 atom stereocenters. The van der Waals surface area contributed by atoms with E-state index in [0.29, 0.717) is 58.8 Å². The van der Waals surface area contributed by atoms with Crippen LogP contribution in [0.4, 0.5) is 19.0 Å². The Bertz CT molecular complexity index is 2150. The number of halogens is 5. The summed E-state index contributed by atoms with van der Waals surface area (Å²) in [7, 11) is 0. The number of hydrogen-bond donors (Lipinski definition) is 3. The zero-order valence-electron chi connectivity index (χ0n) is 29.3. The number of fused-ring (bicyclic) bond motifs is 4. The number of likely N-dealkylation sites (tertiary alicyclic amines) is 1. The van der Waals surface area contributed by atoms with Gasteiger partial charge in [-0.3, -0.25) is 34.3 Å². The topological polar surface area (TPSA) is 157 Å². The van der Waals surface area contributed by atoms with Crippen LogP contribution >= 0.6 is 23.2 Å². The van der Waals surface area contributed by atoms with Gasteiger partial charge in [0, 0.05) is 30.1 Å². The van der Waals surface area contributed by atoms with Crippen LogP contribution in [0.15, 0.2) is 66.4 Å². The highest BCUT2D eigenvalue weighted by Crippen LogP contribution is 2.64. The van der Waals surface area contributed by atoms with Crippen LogP contribution in [0.3, 0.4) is 0 Å². The van der Waals surface area contributed by atoms with Gasteiger partial charge in [0.25, 0.3) is 11.8 Å². The van der Waals surface area contributed by atoms with Crippen molar-refractivity contribution in [1.82, 2.24) is 14.9 Å². The lowest BCUT2D eigenvalue weighted by Crippen LogP contribution is -2.53. The lowest BCUT2D eigenvalue weighted by Gasteiger charge is -2.50. The number of aliphatic carboxylic acids is 1. The SMILES string of the molecule is Cc1cc([C@H]2C3=CC[C@@H]4C(=O)N(CCCCCC(=O)O)C(=O)[C@@H]4[C@@H]3C[C@H]3C(=O)N(Nc4ncc(C(F)(F)F)cc4Cl)C(=O)[C@@]23c2ccc(Cl)cc2)ccc1O. The molecule has 1 aromatic heterocycles. The molecule has 55 heavy (non-hydrogen) atoms. The number of allylic oxidation sites excluding steroid dienone is 2. The van der Waals surface area contributed by atoms with Crippen molar-refractivity contribution < 1.29 is 47.4 Å². The first kappa shape index (κ1) is 38.3. The van der Waals surface area contributed by atoms with Crippen LogP contribution in [-0.4, -0.2) is 61.2 Å². The summed E-state index contributed by atoms with van der Waals surface area (Å²) >= 11 is 12.5. The Labute approximate surface area is 323 Å². The van der Waals surface area contributed by atoms with Gasteiger partial charge in [0.05, 0.1) is 33.8 Å². The molecule has 3 aromatic rings. The van der Waals surface area contributed by atoms with Gasteiger partial charge in [0.2, 0.25) is 11.8 Å². The molecule has 288 valence electrons. The maximum atomic E-state index is 15.2. The van der Waals surface area contributed by atoms with Gasteiger partial charge >= 0.3 is 12.1 Å². The number of pyridine rings is 1. The largest absolute Gasteiger partial charge is 0.508 e. The van der Waals surface area contributed by atoms with Gasteiger partial charge in [-0.1, -0.05) is 65.5 Å². The number of alkyl halides is 3. The number of hydrogen-bond acceptors (Lipinski definition) is 8. The van der Waals surface area contributed by atoms with E-state index >= 15 is 4.79 Å². The first-order valence-electron chi connectivity index (χ1n) is 17.8. The maximum Gasteiger partial charge on any atom is 0.417 e. The fourth-order valence-electron chi connectivity index (χ4n) is 9.02. The number of amides is 4. The highest BCUT2D eigenvalue weighted by atomic mass is 35.5. The second kappa shape index (κ2) is 14.3. The fraction of sp³-hybridized carbons (Fsp3) is 0.385. The highest BCUT2D eigenvalue weighted by Gasteiger charge is 2.70. The third-order valence-electron chi connectivity index (χ3n) is 11.5. The Balaban J connectivity index is 1.35. The van der Waals surface area contributed by atoms with Gasteiger partial charge in [-0.15, -0.1) is 0 Å². The average Bonchev–Trinajstić information content (AvgIpc) is 3.50. The number of phenols is 1. The highest BCUT2D eigenvalue weighted by molar-refractivity contribution is 6.33. The van der Waals surface area contributed by atoms with E-state index in [1.165, 1.54) is 11.0 Å². The number of nitrogens with one attached hydrogen (secondary N) is 1. The normalized spacial score (nSPS) is 26.1. The van der Waals surface area contributed by atoms with E-state index in [2.05, 4.69) is 10.4 Å². The lowest BCUT2D eigenvalue weighted by molar-refractivity contribution is -0.141. The van der Waals surface area contributed by atoms with Crippen molar-refractivity contribution in [2.75, 3.05) is 12.0 Å². The van der Waals surface area contributed by atoms with Crippen molar-refractivity contribution in [3.05, 3.63) is 98.7 Å². The summed E-state index contributed by atoms with van der Waals surface area (Å²) < 4.78 is 40.4. The quantitative estimate of drug-likeness (QED) is 0.111. The van der Waals surface area contributed by atoms with Crippen LogP contribution in [0.1, 0.15) is 66.7 Å². The lowest BCUT2D eigenvalue weighted by atomic mass is 9.49. The minimum Gasteiger partial charge on any atom is -0.508 e. The van der Waals surface area contributed by atoms with E-state index in [4.69, 9.17) is 28.3 Å².